The summed E-state index contributed by atoms with van der Waals surface area (Å²) in [6.45, 7) is 1.87. The molecule has 0 spiro atoms. The highest BCUT2D eigenvalue weighted by Gasteiger charge is 2.20. The number of hydrogen-bond acceptors (Lipinski definition) is 4. The van der Waals surface area contributed by atoms with E-state index in [2.05, 4.69) is 5.32 Å². The van der Waals surface area contributed by atoms with Gasteiger partial charge in [-0.05, 0) is 30.0 Å². The third-order valence-electron chi connectivity index (χ3n) is 2.55. The Morgan fingerprint density at radius 3 is 2.68 bits per heavy atom. The van der Waals surface area contributed by atoms with Crippen molar-refractivity contribution in [2.24, 2.45) is 0 Å². The highest BCUT2D eigenvalue weighted by Crippen LogP contribution is 2.32. The molecule has 0 fully saturated rings. The van der Waals surface area contributed by atoms with E-state index in [1.807, 2.05) is 19.1 Å². The summed E-state index contributed by atoms with van der Waals surface area (Å²) in [5.74, 6) is -2.40. The first-order chi connectivity index (χ1) is 9.00. The van der Waals surface area contributed by atoms with Crippen LogP contribution in [0.3, 0.4) is 0 Å². The fraction of sp³-hybridized carbons (Fsp3) is 0.0769. The Morgan fingerprint density at radius 1 is 1.32 bits per heavy atom. The van der Waals surface area contributed by atoms with E-state index >= 15 is 0 Å². The topological polar surface area (TPSA) is 66.4 Å². The molecule has 0 bridgehead atoms. The molecular weight excluding hydrogens is 286 g/mol. The molecule has 0 unspecified atom stereocenters. The van der Waals surface area contributed by atoms with Crippen molar-refractivity contribution in [1.29, 1.82) is 0 Å². The molecule has 19 heavy (non-hydrogen) atoms. The van der Waals surface area contributed by atoms with E-state index in [1.165, 1.54) is 0 Å². The Hall–Kier alpha value is -1.85. The van der Waals surface area contributed by atoms with Crippen LogP contribution < -0.4 is 5.32 Å². The predicted molar refractivity (Wildman–Crippen MR) is 75.8 cm³/mol. The average molecular weight is 296 g/mol. The SMILES string of the molecule is Cc1cccc(Cl)c1Nc1ccsc1C(=O)C(=O)O. The molecule has 0 radical (unpaired) electrons. The van der Waals surface area contributed by atoms with Gasteiger partial charge in [-0.25, -0.2) is 4.79 Å². The molecule has 0 aliphatic carbocycles. The number of carboxylic acid groups (broad SMARTS) is 1. The van der Waals surface area contributed by atoms with Gasteiger partial charge >= 0.3 is 5.97 Å². The number of carbonyl (C=O) groups excluding carboxylic acids is 1. The smallest absolute Gasteiger partial charge is 0.378 e. The Kier molecular flexibility index (Phi) is 3.87. The van der Waals surface area contributed by atoms with Gasteiger partial charge in [0.25, 0.3) is 5.78 Å². The molecule has 2 N–H and O–H groups in total. The van der Waals surface area contributed by atoms with Gasteiger partial charge < -0.3 is 10.4 Å². The average Bonchev–Trinajstić information content (AvgIpc) is 2.81. The molecule has 1 heterocycles. The van der Waals surface area contributed by atoms with Crippen LogP contribution in [0, 0.1) is 6.92 Å². The van der Waals surface area contributed by atoms with Crippen LogP contribution in [0.1, 0.15) is 15.2 Å². The Morgan fingerprint density at radius 2 is 2.05 bits per heavy atom. The van der Waals surface area contributed by atoms with Crippen molar-refractivity contribution in [3.8, 4) is 0 Å². The second kappa shape index (κ2) is 5.42. The Bertz CT molecular complexity index is 631. The van der Waals surface area contributed by atoms with Gasteiger partial charge in [0, 0.05) is 0 Å². The number of hydrogen-bond donors (Lipinski definition) is 2. The highest BCUT2D eigenvalue weighted by molar-refractivity contribution is 7.13. The minimum Gasteiger partial charge on any atom is -0.475 e. The molecule has 1 aromatic heterocycles. The maximum Gasteiger partial charge on any atom is 0.378 e. The summed E-state index contributed by atoms with van der Waals surface area (Å²) in [6.07, 6.45) is 0. The lowest BCUT2D eigenvalue weighted by molar-refractivity contribution is -0.131. The minimum absolute atomic E-state index is 0.159. The number of aryl methyl sites for hydroxylation is 1. The van der Waals surface area contributed by atoms with Crippen molar-refractivity contribution in [3.05, 3.63) is 45.1 Å². The van der Waals surface area contributed by atoms with Gasteiger partial charge in [-0.15, -0.1) is 11.3 Å². The predicted octanol–water partition coefficient (Wildman–Crippen LogP) is 3.72. The second-order valence-corrected chi connectivity index (χ2v) is 5.18. The molecule has 0 aliphatic rings. The largest absolute Gasteiger partial charge is 0.475 e. The number of anilines is 2. The molecule has 0 amide bonds. The molecule has 0 saturated heterocycles. The van der Waals surface area contributed by atoms with Crippen molar-refractivity contribution in [3.63, 3.8) is 0 Å². The van der Waals surface area contributed by atoms with Crippen molar-refractivity contribution in [2.45, 2.75) is 6.92 Å². The van der Waals surface area contributed by atoms with Crippen LogP contribution in [-0.4, -0.2) is 16.9 Å². The number of Topliss-reactive ketones (excluding diaryl/α,β-unsaturated/α-hetero) is 1. The molecule has 1 aromatic carbocycles. The zero-order valence-electron chi connectivity index (χ0n) is 9.94. The monoisotopic (exact) mass is 295 g/mol. The van der Waals surface area contributed by atoms with Crippen LogP contribution in [-0.2, 0) is 4.79 Å². The zero-order chi connectivity index (χ0) is 14.0. The van der Waals surface area contributed by atoms with Gasteiger partial charge in [-0.2, -0.15) is 0 Å². The molecule has 0 atom stereocenters. The van der Waals surface area contributed by atoms with E-state index in [-0.39, 0.29) is 4.88 Å². The lowest BCUT2D eigenvalue weighted by atomic mass is 10.2. The molecule has 4 nitrogen and oxygen atoms in total. The number of nitrogens with one attached hydrogen (secondary N) is 1. The summed E-state index contributed by atoms with van der Waals surface area (Å²) in [5, 5.41) is 13.9. The highest BCUT2D eigenvalue weighted by atomic mass is 35.5. The van der Waals surface area contributed by atoms with Gasteiger partial charge in [-0.3, -0.25) is 4.79 Å². The van der Waals surface area contributed by atoms with Gasteiger partial charge in [0.15, 0.2) is 0 Å². The second-order valence-electron chi connectivity index (χ2n) is 3.85. The van der Waals surface area contributed by atoms with Crippen molar-refractivity contribution in [2.75, 3.05) is 5.32 Å². The fourth-order valence-corrected chi connectivity index (χ4v) is 2.66. The first kappa shape index (κ1) is 13.6. The van der Waals surface area contributed by atoms with Gasteiger partial charge in [0.05, 0.1) is 16.4 Å². The third kappa shape index (κ3) is 2.77. The maximum atomic E-state index is 11.5. The van der Waals surface area contributed by atoms with Crippen molar-refractivity contribution >= 4 is 46.1 Å². The fourth-order valence-electron chi connectivity index (χ4n) is 1.61. The molecule has 98 valence electrons. The van der Waals surface area contributed by atoms with Gasteiger partial charge in [-0.1, -0.05) is 23.7 Å². The maximum absolute atomic E-state index is 11.5. The van der Waals surface area contributed by atoms with Gasteiger partial charge in [0.1, 0.15) is 4.88 Å². The summed E-state index contributed by atoms with van der Waals surface area (Å²) in [7, 11) is 0. The van der Waals surface area contributed by atoms with Crippen LogP contribution in [0.2, 0.25) is 5.02 Å². The molecule has 2 aromatic rings. The van der Waals surface area contributed by atoms with E-state index in [4.69, 9.17) is 16.7 Å². The number of aliphatic carboxylic acids is 1. The number of thiophene rings is 1. The number of halogens is 1. The normalized spacial score (nSPS) is 10.2. The van der Waals surface area contributed by atoms with E-state index < -0.39 is 11.8 Å². The number of benzene rings is 1. The first-order valence-corrected chi connectivity index (χ1v) is 6.63. The molecule has 2 rings (SSSR count). The number of carbonyl (C=O) groups is 2. The van der Waals surface area contributed by atoms with E-state index in [9.17, 15) is 9.59 Å². The summed E-state index contributed by atoms with van der Waals surface area (Å²) < 4.78 is 0. The summed E-state index contributed by atoms with van der Waals surface area (Å²) in [6, 6.07) is 7.07. The lowest BCUT2D eigenvalue weighted by Crippen LogP contribution is -2.12. The van der Waals surface area contributed by atoms with Crippen LogP contribution in [0.4, 0.5) is 11.4 Å². The Balaban J connectivity index is 2.38. The van der Waals surface area contributed by atoms with Crippen molar-refractivity contribution < 1.29 is 14.7 Å². The molecular formula is C13H10ClNO3S. The van der Waals surface area contributed by atoms with Crippen LogP contribution >= 0.6 is 22.9 Å². The number of carboxylic acids is 1. The summed E-state index contributed by atoms with van der Waals surface area (Å²) in [4.78, 5) is 22.4. The Labute approximate surface area is 118 Å². The number of para-hydroxylation sites is 1. The third-order valence-corrected chi connectivity index (χ3v) is 3.78. The van der Waals surface area contributed by atoms with E-state index in [1.54, 1.807) is 17.5 Å². The quantitative estimate of drug-likeness (QED) is 0.666. The van der Waals surface area contributed by atoms with E-state index in [0.717, 1.165) is 16.9 Å². The number of rotatable bonds is 4. The van der Waals surface area contributed by atoms with Crippen molar-refractivity contribution in [1.82, 2.24) is 0 Å². The summed E-state index contributed by atoms with van der Waals surface area (Å²) >= 11 is 7.16. The van der Waals surface area contributed by atoms with Crippen LogP contribution in [0.5, 0.6) is 0 Å². The molecule has 0 aliphatic heterocycles. The minimum atomic E-state index is -1.47. The summed E-state index contributed by atoms with van der Waals surface area (Å²) in [5.41, 5.74) is 2.03. The van der Waals surface area contributed by atoms with Crippen LogP contribution in [0.15, 0.2) is 29.6 Å². The van der Waals surface area contributed by atoms with E-state index in [0.29, 0.717) is 16.4 Å². The molecule has 6 heteroatoms. The lowest BCUT2D eigenvalue weighted by Gasteiger charge is -2.11. The van der Waals surface area contributed by atoms with Crippen LogP contribution in [0.25, 0.3) is 0 Å². The zero-order valence-corrected chi connectivity index (χ0v) is 11.5. The van der Waals surface area contributed by atoms with Gasteiger partial charge in [0.2, 0.25) is 0 Å². The molecule has 0 saturated carbocycles. The number of ketones is 1. The standard InChI is InChI=1S/C13H10ClNO3S/c1-7-3-2-4-8(14)10(7)15-9-5-6-19-12(9)11(16)13(17)18/h2-6,15H,1H3,(H,17,18). The first-order valence-electron chi connectivity index (χ1n) is 5.38.